The number of nitrogen functional groups attached to an aromatic ring is 1. The van der Waals surface area contributed by atoms with Crippen LogP contribution in [-0.4, -0.2) is 49.7 Å². The molecule has 1 aliphatic heterocycles. The SMILES string of the molecule is CC(CN1CCOCC1)NC(=O)c1cc(N)c(F)cc1Br. The fourth-order valence-electron chi connectivity index (χ4n) is 2.26. The highest BCUT2D eigenvalue weighted by Gasteiger charge is 2.18. The lowest BCUT2D eigenvalue weighted by atomic mass is 10.1. The Morgan fingerprint density at radius 2 is 2.19 bits per heavy atom. The average molecular weight is 360 g/mol. The number of rotatable bonds is 4. The minimum atomic E-state index is -0.542. The van der Waals surface area contributed by atoms with Crippen LogP contribution in [0.1, 0.15) is 17.3 Å². The number of morpholine rings is 1. The predicted molar refractivity (Wildman–Crippen MR) is 82.7 cm³/mol. The first-order valence-corrected chi connectivity index (χ1v) is 7.62. The molecule has 21 heavy (non-hydrogen) atoms. The van der Waals surface area contributed by atoms with Gasteiger partial charge in [0.2, 0.25) is 0 Å². The van der Waals surface area contributed by atoms with Crippen molar-refractivity contribution < 1.29 is 13.9 Å². The number of hydrogen-bond donors (Lipinski definition) is 2. The number of hydrogen-bond acceptors (Lipinski definition) is 4. The third-order valence-corrected chi connectivity index (χ3v) is 4.00. The van der Waals surface area contributed by atoms with Crippen molar-refractivity contribution in [2.45, 2.75) is 13.0 Å². The van der Waals surface area contributed by atoms with Gasteiger partial charge in [0.25, 0.3) is 5.91 Å². The second kappa shape index (κ2) is 7.20. The molecular weight excluding hydrogens is 341 g/mol. The van der Waals surface area contributed by atoms with Gasteiger partial charge in [0.05, 0.1) is 24.5 Å². The van der Waals surface area contributed by atoms with E-state index >= 15 is 0 Å². The van der Waals surface area contributed by atoms with Crippen LogP contribution in [0.25, 0.3) is 0 Å². The predicted octanol–water partition coefficient (Wildman–Crippen LogP) is 1.62. The molecule has 0 bridgehead atoms. The van der Waals surface area contributed by atoms with Crippen molar-refractivity contribution in [3.05, 3.63) is 28.0 Å². The smallest absolute Gasteiger partial charge is 0.252 e. The third kappa shape index (κ3) is 4.39. The second-order valence-corrected chi connectivity index (χ2v) is 6.00. The van der Waals surface area contributed by atoms with Gasteiger partial charge in [0, 0.05) is 30.1 Å². The number of amides is 1. The minimum absolute atomic E-state index is 0.0197. The van der Waals surface area contributed by atoms with Crippen LogP contribution in [0.15, 0.2) is 16.6 Å². The van der Waals surface area contributed by atoms with E-state index in [1.165, 1.54) is 12.1 Å². The highest BCUT2D eigenvalue weighted by atomic mass is 79.9. The van der Waals surface area contributed by atoms with Crippen LogP contribution in [0.2, 0.25) is 0 Å². The van der Waals surface area contributed by atoms with Crippen LogP contribution in [0.4, 0.5) is 10.1 Å². The van der Waals surface area contributed by atoms with Crippen LogP contribution in [-0.2, 0) is 4.74 Å². The average Bonchev–Trinajstić information content (AvgIpc) is 2.43. The van der Waals surface area contributed by atoms with Gasteiger partial charge in [-0.1, -0.05) is 0 Å². The highest BCUT2D eigenvalue weighted by Crippen LogP contribution is 2.22. The molecule has 0 aromatic heterocycles. The monoisotopic (exact) mass is 359 g/mol. The topological polar surface area (TPSA) is 67.6 Å². The molecule has 0 spiro atoms. The maximum absolute atomic E-state index is 13.3. The Bertz CT molecular complexity index is 521. The van der Waals surface area contributed by atoms with Crippen molar-refractivity contribution in [1.82, 2.24) is 10.2 Å². The number of anilines is 1. The fraction of sp³-hybridized carbons (Fsp3) is 0.500. The molecule has 0 aliphatic carbocycles. The van der Waals surface area contributed by atoms with Crippen LogP contribution in [0.5, 0.6) is 0 Å². The van der Waals surface area contributed by atoms with Crippen LogP contribution in [0.3, 0.4) is 0 Å². The lowest BCUT2D eigenvalue weighted by Crippen LogP contribution is -2.46. The molecule has 1 aromatic carbocycles. The Balaban J connectivity index is 1.95. The molecule has 1 aliphatic rings. The minimum Gasteiger partial charge on any atom is -0.396 e. The van der Waals surface area contributed by atoms with Crippen molar-refractivity contribution in [2.75, 3.05) is 38.6 Å². The molecule has 1 amide bonds. The maximum Gasteiger partial charge on any atom is 0.252 e. The highest BCUT2D eigenvalue weighted by molar-refractivity contribution is 9.10. The summed E-state index contributed by atoms with van der Waals surface area (Å²) in [4.78, 5) is 14.5. The molecule has 1 heterocycles. The van der Waals surface area contributed by atoms with E-state index in [9.17, 15) is 9.18 Å². The summed E-state index contributed by atoms with van der Waals surface area (Å²) >= 11 is 3.19. The third-order valence-electron chi connectivity index (χ3n) is 3.34. The number of nitrogens with two attached hydrogens (primary N) is 1. The second-order valence-electron chi connectivity index (χ2n) is 5.14. The quantitative estimate of drug-likeness (QED) is 0.801. The van der Waals surface area contributed by atoms with E-state index in [1.807, 2.05) is 6.92 Å². The lowest BCUT2D eigenvalue weighted by Gasteiger charge is -2.29. The summed E-state index contributed by atoms with van der Waals surface area (Å²) in [7, 11) is 0. The van der Waals surface area contributed by atoms with Gasteiger partial charge in [-0.05, 0) is 35.0 Å². The van der Waals surface area contributed by atoms with Gasteiger partial charge < -0.3 is 15.8 Å². The molecule has 2 rings (SSSR count). The molecule has 0 radical (unpaired) electrons. The van der Waals surface area contributed by atoms with Gasteiger partial charge in [-0.25, -0.2) is 4.39 Å². The van der Waals surface area contributed by atoms with E-state index in [1.54, 1.807) is 0 Å². The number of benzene rings is 1. The van der Waals surface area contributed by atoms with E-state index in [-0.39, 0.29) is 17.6 Å². The molecule has 5 nitrogen and oxygen atoms in total. The Hall–Kier alpha value is -1.18. The molecule has 1 saturated heterocycles. The number of ether oxygens (including phenoxy) is 1. The van der Waals surface area contributed by atoms with Crippen molar-refractivity contribution in [2.24, 2.45) is 0 Å². The number of nitrogens with one attached hydrogen (secondary N) is 1. The van der Waals surface area contributed by atoms with Crippen LogP contribution < -0.4 is 11.1 Å². The Morgan fingerprint density at radius 1 is 1.52 bits per heavy atom. The fourth-order valence-corrected chi connectivity index (χ4v) is 2.75. The van der Waals surface area contributed by atoms with E-state index in [0.29, 0.717) is 10.0 Å². The largest absolute Gasteiger partial charge is 0.396 e. The zero-order chi connectivity index (χ0) is 15.4. The van der Waals surface area contributed by atoms with Gasteiger partial charge in [0.1, 0.15) is 5.82 Å². The number of halogens is 2. The van der Waals surface area contributed by atoms with E-state index in [0.717, 1.165) is 32.8 Å². The zero-order valence-electron chi connectivity index (χ0n) is 11.9. The first-order chi connectivity index (χ1) is 9.97. The summed E-state index contributed by atoms with van der Waals surface area (Å²) in [6, 6.07) is 2.53. The summed E-state index contributed by atoms with van der Waals surface area (Å²) in [5.41, 5.74) is 5.81. The van der Waals surface area contributed by atoms with Crippen molar-refractivity contribution in [1.29, 1.82) is 0 Å². The molecule has 7 heteroatoms. The lowest BCUT2D eigenvalue weighted by molar-refractivity contribution is 0.0342. The summed E-state index contributed by atoms with van der Waals surface area (Å²) in [5.74, 6) is -0.811. The molecule has 0 saturated carbocycles. The van der Waals surface area contributed by atoms with Gasteiger partial charge >= 0.3 is 0 Å². The molecule has 1 atom stereocenters. The number of carbonyl (C=O) groups excluding carboxylic acids is 1. The van der Waals surface area contributed by atoms with E-state index in [4.69, 9.17) is 10.5 Å². The van der Waals surface area contributed by atoms with Crippen molar-refractivity contribution in [3.63, 3.8) is 0 Å². The molecule has 1 fully saturated rings. The molecule has 1 aromatic rings. The van der Waals surface area contributed by atoms with Crippen LogP contribution >= 0.6 is 15.9 Å². The summed E-state index contributed by atoms with van der Waals surface area (Å²) < 4.78 is 19.0. The van der Waals surface area contributed by atoms with Crippen molar-refractivity contribution in [3.8, 4) is 0 Å². The van der Waals surface area contributed by atoms with Gasteiger partial charge in [-0.2, -0.15) is 0 Å². The van der Waals surface area contributed by atoms with Crippen molar-refractivity contribution >= 4 is 27.5 Å². The van der Waals surface area contributed by atoms with Gasteiger partial charge in [-0.15, -0.1) is 0 Å². The normalized spacial score (nSPS) is 17.5. The van der Waals surface area contributed by atoms with E-state index in [2.05, 4.69) is 26.1 Å². The molecule has 1 unspecified atom stereocenters. The van der Waals surface area contributed by atoms with Gasteiger partial charge in [0.15, 0.2) is 0 Å². The van der Waals surface area contributed by atoms with Gasteiger partial charge in [-0.3, -0.25) is 9.69 Å². The first kappa shape index (κ1) is 16.2. The Kier molecular flexibility index (Phi) is 5.55. The Morgan fingerprint density at radius 3 is 2.86 bits per heavy atom. The van der Waals surface area contributed by atoms with Crippen LogP contribution in [0, 0.1) is 5.82 Å². The summed E-state index contributed by atoms with van der Waals surface area (Å²) in [6.45, 7) is 5.87. The first-order valence-electron chi connectivity index (χ1n) is 6.83. The summed E-state index contributed by atoms with van der Waals surface area (Å²) in [6.07, 6.45) is 0. The zero-order valence-corrected chi connectivity index (χ0v) is 13.5. The molecular formula is C14H19BrFN3O2. The number of nitrogens with zero attached hydrogens (tertiary/aromatic N) is 1. The standard InChI is InChI=1S/C14H19BrFN3O2/c1-9(8-19-2-4-21-5-3-19)18-14(20)10-6-13(17)12(16)7-11(10)15/h6-7,9H,2-5,8,17H2,1H3,(H,18,20). The number of carbonyl (C=O) groups is 1. The summed E-state index contributed by atoms with van der Waals surface area (Å²) in [5, 5.41) is 2.90. The maximum atomic E-state index is 13.3. The molecule has 3 N–H and O–H groups in total. The molecule has 116 valence electrons. The Labute approximate surface area is 131 Å². The van der Waals surface area contributed by atoms with E-state index < -0.39 is 5.82 Å².